The maximum absolute atomic E-state index is 11.8. The number of aromatic nitrogens is 1. The number of rotatable bonds is 6. The molecule has 6 nitrogen and oxygen atoms in total. The lowest BCUT2D eigenvalue weighted by Crippen LogP contribution is -2.12. The van der Waals surface area contributed by atoms with Crippen molar-refractivity contribution in [2.75, 3.05) is 37.1 Å². The quantitative estimate of drug-likeness (QED) is 0.731. The van der Waals surface area contributed by atoms with E-state index in [1.165, 1.54) is 0 Å². The lowest BCUT2D eigenvalue weighted by Gasteiger charge is -2.06. The van der Waals surface area contributed by atoms with E-state index in [-0.39, 0.29) is 16.5 Å². The number of nitrogen functional groups attached to an aromatic ring is 1. The Balaban J connectivity index is 2.95. The summed E-state index contributed by atoms with van der Waals surface area (Å²) in [5, 5.41) is 3.43. The molecule has 0 saturated carbocycles. The van der Waals surface area contributed by atoms with Crippen molar-refractivity contribution in [1.82, 2.24) is 4.37 Å². The number of anilines is 2. The van der Waals surface area contributed by atoms with Gasteiger partial charge in [-0.1, -0.05) is 6.92 Å². The summed E-state index contributed by atoms with van der Waals surface area (Å²) in [5.74, 6) is 0.0703. The van der Waals surface area contributed by atoms with Crippen molar-refractivity contribution < 1.29 is 13.2 Å². The zero-order valence-electron chi connectivity index (χ0n) is 9.19. The van der Waals surface area contributed by atoms with Crippen LogP contribution in [-0.4, -0.2) is 38.8 Å². The third kappa shape index (κ3) is 2.83. The van der Waals surface area contributed by atoms with Crippen molar-refractivity contribution >= 4 is 32.2 Å². The minimum atomic E-state index is -3.33. The highest BCUT2D eigenvalue weighted by Crippen LogP contribution is 2.31. The number of hydrogen-bond donors (Lipinski definition) is 2. The van der Waals surface area contributed by atoms with Crippen LogP contribution in [-0.2, 0) is 14.6 Å². The smallest absolute Gasteiger partial charge is 0.184 e. The fourth-order valence-electron chi connectivity index (χ4n) is 1.12. The lowest BCUT2D eigenvalue weighted by molar-refractivity contribution is 0.211. The molecule has 1 aromatic rings. The van der Waals surface area contributed by atoms with Crippen LogP contribution in [0.5, 0.6) is 0 Å². The van der Waals surface area contributed by atoms with Gasteiger partial charge in [-0.05, 0) is 11.5 Å². The molecule has 92 valence electrons. The van der Waals surface area contributed by atoms with Crippen molar-refractivity contribution in [3.05, 3.63) is 0 Å². The topological polar surface area (TPSA) is 94.3 Å². The first-order valence-corrected chi connectivity index (χ1v) is 7.16. The zero-order chi connectivity index (χ0) is 12.2. The third-order valence-electron chi connectivity index (χ3n) is 1.96. The molecule has 16 heavy (non-hydrogen) atoms. The van der Waals surface area contributed by atoms with E-state index in [1.807, 2.05) is 0 Å². The SMILES string of the molecule is CCS(=O)(=O)c1c(N)nsc1NCCOC. The summed E-state index contributed by atoms with van der Waals surface area (Å²) in [7, 11) is -1.76. The highest BCUT2D eigenvalue weighted by Gasteiger charge is 2.23. The van der Waals surface area contributed by atoms with Crippen LogP contribution in [0.4, 0.5) is 10.8 Å². The van der Waals surface area contributed by atoms with Gasteiger partial charge in [-0.15, -0.1) is 0 Å². The van der Waals surface area contributed by atoms with Crippen LogP contribution >= 0.6 is 11.5 Å². The Morgan fingerprint density at radius 3 is 2.81 bits per heavy atom. The van der Waals surface area contributed by atoms with Crippen LogP contribution in [0.3, 0.4) is 0 Å². The van der Waals surface area contributed by atoms with Crippen LogP contribution in [0, 0.1) is 0 Å². The molecule has 1 aromatic heterocycles. The predicted octanol–water partition coefficient (Wildman–Crippen LogP) is 0.577. The largest absolute Gasteiger partial charge is 0.383 e. The summed E-state index contributed by atoms with van der Waals surface area (Å²) in [6.45, 7) is 2.58. The summed E-state index contributed by atoms with van der Waals surface area (Å²) in [4.78, 5) is 0.108. The highest BCUT2D eigenvalue weighted by atomic mass is 32.2. The molecule has 0 amide bonds. The number of nitrogens with one attached hydrogen (secondary N) is 1. The van der Waals surface area contributed by atoms with E-state index >= 15 is 0 Å². The van der Waals surface area contributed by atoms with Crippen molar-refractivity contribution in [1.29, 1.82) is 0 Å². The van der Waals surface area contributed by atoms with Crippen LogP contribution in [0.1, 0.15) is 6.92 Å². The van der Waals surface area contributed by atoms with Gasteiger partial charge in [0.15, 0.2) is 15.7 Å². The Hall–Kier alpha value is -0.860. The molecule has 0 atom stereocenters. The van der Waals surface area contributed by atoms with E-state index in [0.29, 0.717) is 18.2 Å². The maximum Gasteiger partial charge on any atom is 0.184 e. The van der Waals surface area contributed by atoms with Crippen molar-refractivity contribution in [2.24, 2.45) is 0 Å². The number of hydrogen-bond acceptors (Lipinski definition) is 7. The zero-order valence-corrected chi connectivity index (χ0v) is 10.8. The molecule has 0 aliphatic rings. The van der Waals surface area contributed by atoms with Gasteiger partial charge in [-0.2, -0.15) is 4.37 Å². The number of ether oxygens (including phenoxy) is 1. The van der Waals surface area contributed by atoms with Crippen LogP contribution in [0.15, 0.2) is 4.90 Å². The summed E-state index contributed by atoms with van der Waals surface area (Å²) in [5.41, 5.74) is 5.56. The molecule has 0 aromatic carbocycles. The van der Waals surface area contributed by atoms with Crippen molar-refractivity contribution in [2.45, 2.75) is 11.8 Å². The number of nitrogens with zero attached hydrogens (tertiary/aromatic N) is 1. The van der Waals surface area contributed by atoms with Gasteiger partial charge in [-0.25, -0.2) is 8.42 Å². The fraction of sp³-hybridized carbons (Fsp3) is 0.625. The molecule has 0 spiro atoms. The summed E-state index contributed by atoms with van der Waals surface area (Å²) >= 11 is 1.05. The lowest BCUT2D eigenvalue weighted by atomic mass is 10.6. The molecule has 1 heterocycles. The van der Waals surface area contributed by atoms with Gasteiger partial charge in [0.2, 0.25) is 0 Å². The molecule has 3 N–H and O–H groups in total. The first kappa shape index (κ1) is 13.2. The normalized spacial score (nSPS) is 11.6. The summed E-state index contributed by atoms with van der Waals surface area (Å²) in [6, 6.07) is 0. The Bertz CT molecular complexity index is 441. The van der Waals surface area contributed by atoms with Gasteiger partial charge in [0.05, 0.1) is 12.4 Å². The maximum atomic E-state index is 11.8. The third-order valence-corrected chi connectivity index (χ3v) is 4.70. The van der Waals surface area contributed by atoms with Gasteiger partial charge in [-0.3, -0.25) is 0 Å². The molecule has 0 radical (unpaired) electrons. The first-order valence-electron chi connectivity index (χ1n) is 4.73. The molecule has 0 aliphatic heterocycles. The molecule has 0 fully saturated rings. The Morgan fingerprint density at radius 2 is 2.25 bits per heavy atom. The van der Waals surface area contributed by atoms with Gasteiger partial charge in [0.1, 0.15) is 9.90 Å². The molecule has 0 bridgehead atoms. The van der Waals surface area contributed by atoms with E-state index in [9.17, 15) is 8.42 Å². The van der Waals surface area contributed by atoms with Gasteiger partial charge < -0.3 is 15.8 Å². The second-order valence-corrected chi connectivity index (χ2v) is 6.04. The van der Waals surface area contributed by atoms with Gasteiger partial charge in [0, 0.05) is 13.7 Å². The van der Waals surface area contributed by atoms with E-state index < -0.39 is 9.84 Å². The van der Waals surface area contributed by atoms with Crippen LogP contribution in [0.25, 0.3) is 0 Å². The average Bonchev–Trinajstić information content (AvgIpc) is 2.61. The molecule has 1 rings (SSSR count). The Labute approximate surface area is 98.9 Å². The second-order valence-electron chi connectivity index (χ2n) is 3.05. The van der Waals surface area contributed by atoms with Crippen LogP contribution < -0.4 is 11.1 Å². The Kier molecular flexibility index (Phi) is 4.51. The van der Waals surface area contributed by atoms with E-state index in [4.69, 9.17) is 10.5 Å². The van der Waals surface area contributed by atoms with E-state index in [0.717, 1.165) is 11.5 Å². The number of methoxy groups -OCH3 is 1. The molecule has 8 heteroatoms. The Morgan fingerprint density at radius 1 is 1.56 bits per heavy atom. The number of nitrogens with two attached hydrogens (primary N) is 1. The minimum absolute atomic E-state index is 0.00850. The molecule has 0 aliphatic carbocycles. The monoisotopic (exact) mass is 265 g/mol. The van der Waals surface area contributed by atoms with Crippen molar-refractivity contribution in [3.8, 4) is 0 Å². The van der Waals surface area contributed by atoms with Gasteiger partial charge in [0.25, 0.3) is 0 Å². The average molecular weight is 265 g/mol. The highest BCUT2D eigenvalue weighted by molar-refractivity contribution is 7.91. The summed E-state index contributed by atoms with van der Waals surface area (Å²) in [6.07, 6.45) is 0. The van der Waals surface area contributed by atoms with E-state index in [1.54, 1.807) is 14.0 Å². The second kappa shape index (κ2) is 5.46. The molecule has 0 unspecified atom stereocenters. The molecular formula is C8H15N3O3S2. The first-order chi connectivity index (χ1) is 7.53. The van der Waals surface area contributed by atoms with E-state index in [2.05, 4.69) is 9.69 Å². The fourth-order valence-corrected chi connectivity index (χ4v) is 3.31. The molecular weight excluding hydrogens is 250 g/mol. The summed E-state index contributed by atoms with van der Waals surface area (Å²) < 4.78 is 32.2. The van der Waals surface area contributed by atoms with Crippen LogP contribution in [0.2, 0.25) is 0 Å². The molecule has 0 saturated heterocycles. The number of sulfone groups is 1. The van der Waals surface area contributed by atoms with Crippen molar-refractivity contribution in [3.63, 3.8) is 0 Å². The predicted molar refractivity (Wildman–Crippen MR) is 64.6 cm³/mol. The standard InChI is InChI=1S/C8H15N3O3S2/c1-3-16(12,13)6-7(9)11-15-8(6)10-4-5-14-2/h10H,3-5H2,1-2H3,(H2,9,11). The van der Waals surface area contributed by atoms with Gasteiger partial charge >= 0.3 is 0 Å². The minimum Gasteiger partial charge on any atom is -0.383 e.